The molecule has 0 amide bonds. The van der Waals surface area contributed by atoms with E-state index in [0.29, 0.717) is 0 Å². The van der Waals surface area contributed by atoms with Crippen molar-refractivity contribution in [2.45, 2.75) is 26.7 Å². The van der Waals surface area contributed by atoms with Crippen molar-refractivity contribution in [2.24, 2.45) is 11.8 Å². The van der Waals surface area contributed by atoms with Crippen molar-refractivity contribution in [3.8, 4) is 5.69 Å². The highest BCUT2D eigenvalue weighted by Crippen LogP contribution is 2.51. The van der Waals surface area contributed by atoms with Crippen molar-refractivity contribution in [2.75, 3.05) is 0 Å². The first-order chi connectivity index (χ1) is 19.7. The molecule has 0 fully saturated rings. The predicted molar refractivity (Wildman–Crippen MR) is 167 cm³/mol. The molecule has 0 aliphatic carbocycles. The third-order valence-electron chi connectivity index (χ3n) is 6.72. The molecular formula is C26H24Cl4N2O8S2. The second kappa shape index (κ2) is 12.5. The lowest BCUT2D eigenvalue weighted by Gasteiger charge is -2.17. The second-order valence-corrected chi connectivity index (χ2v) is 14.4. The summed E-state index contributed by atoms with van der Waals surface area (Å²) in [4.78, 5) is 53.5. The maximum absolute atomic E-state index is 13.8. The van der Waals surface area contributed by atoms with E-state index in [2.05, 4.69) is 4.98 Å². The van der Waals surface area contributed by atoms with Gasteiger partial charge >= 0.3 is 11.9 Å². The van der Waals surface area contributed by atoms with Crippen molar-refractivity contribution in [3.63, 3.8) is 0 Å². The average Bonchev–Trinajstić information content (AvgIpc) is 3.64. The topological polar surface area (TPSA) is 170 Å². The molecule has 42 heavy (non-hydrogen) atoms. The molecule has 2 aliphatic rings. The zero-order chi connectivity index (χ0) is 31.2. The van der Waals surface area contributed by atoms with Crippen LogP contribution in [0.4, 0.5) is 0 Å². The van der Waals surface area contributed by atoms with Gasteiger partial charge in [-0.3, -0.25) is 23.7 Å². The third-order valence-corrected chi connectivity index (χ3v) is 11.9. The number of aliphatic hydroxyl groups is 2. The summed E-state index contributed by atoms with van der Waals surface area (Å²) in [6.07, 6.45) is 2.95. The van der Waals surface area contributed by atoms with E-state index in [-0.39, 0.29) is 71.6 Å². The Bertz CT molecular complexity index is 1530. The van der Waals surface area contributed by atoms with Crippen LogP contribution in [0.2, 0.25) is 20.4 Å². The van der Waals surface area contributed by atoms with Crippen molar-refractivity contribution >= 4 is 90.4 Å². The van der Waals surface area contributed by atoms with Crippen LogP contribution in [0.25, 0.3) is 5.69 Å². The number of carboxylic acids is 2. The number of nitrogens with one attached hydrogen (secondary N) is 1. The fourth-order valence-corrected chi connectivity index (χ4v) is 8.87. The molecule has 0 radical (unpaired) electrons. The lowest BCUT2D eigenvalue weighted by Crippen LogP contribution is -2.14. The molecule has 226 valence electrons. The van der Waals surface area contributed by atoms with Crippen LogP contribution < -0.4 is 0 Å². The summed E-state index contributed by atoms with van der Waals surface area (Å²) in [5.74, 6) is -4.10. The Morgan fingerprint density at radius 3 is 1.79 bits per heavy atom. The van der Waals surface area contributed by atoms with Gasteiger partial charge in [0.1, 0.15) is 36.9 Å². The number of carboxylic acid groups (broad SMARTS) is 2. The number of halogens is 4. The van der Waals surface area contributed by atoms with Crippen LogP contribution in [0.5, 0.6) is 0 Å². The molecule has 2 aromatic rings. The summed E-state index contributed by atoms with van der Waals surface area (Å²) in [6, 6.07) is 1.22. The number of carbonyl (C=O) groups is 4. The standard InChI is InChI=1S/C26H24Cl4N2O8S2/c1-3-12(23(35)36)10-5-16(33)41(8-10)25(39)15-7-14(27)22(30)32(15)20-18(28)21(29)31-19(20)26(40)42-9-11(6-17(42)34)13(4-2)24(37)38/h5-9,12-13,31,33-34,41-42H,3-4H2,1-2H3,(H,35,36)(H,37,38). The number of allylic oxidation sites excluding steroid dienone is 2. The molecule has 4 rings (SSSR count). The molecule has 0 bridgehead atoms. The fourth-order valence-electron chi connectivity index (χ4n) is 4.63. The number of carbonyl (C=O) groups excluding carboxylic acids is 2. The third kappa shape index (κ3) is 5.63. The Kier molecular flexibility index (Phi) is 9.56. The zero-order valence-electron chi connectivity index (χ0n) is 21.7. The molecule has 2 aliphatic heterocycles. The number of H-pyrrole nitrogens is 1. The average molecular weight is 698 g/mol. The van der Waals surface area contributed by atoms with Crippen molar-refractivity contribution in [3.05, 3.63) is 82.1 Å². The number of hydrogen-bond acceptors (Lipinski definition) is 6. The summed E-state index contributed by atoms with van der Waals surface area (Å²) in [5, 5.41) is 40.4. The fraction of sp³-hybridized carbons (Fsp3) is 0.231. The van der Waals surface area contributed by atoms with Crippen LogP contribution in [0.15, 0.2) is 50.4 Å². The van der Waals surface area contributed by atoms with Crippen LogP contribution in [0, 0.1) is 11.8 Å². The Hall–Kier alpha value is -2.74. The summed E-state index contributed by atoms with van der Waals surface area (Å²) < 4.78 is 1.10. The predicted octanol–water partition coefficient (Wildman–Crippen LogP) is 7.52. The number of thiol groups is 2. The van der Waals surface area contributed by atoms with E-state index in [9.17, 15) is 39.6 Å². The highest BCUT2D eigenvalue weighted by Gasteiger charge is 2.36. The number of aromatic amines is 1. The highest BCUT2D eigenvalue weighted by atomic mass is 35.5. The molecular weight excluding hydrogens is 674 g/mol. The monoisotopic (exact) mass is 696 g/mol. The van der Waals surface area contributed by atoms with Gasteiger partial charge in [0, 0.05) is 0 Å². The van der Waals surface area contributed by atoms with Gasteiger partial charge in [0.05, 0.1) is 22.5 Å². The Morgan fingerprint density at radius 2 is 1.33 bits per heavy atom. The molecule has 2 aromatic heterocycles. The number of aliphatic hydroxyl groups excluding tert-OH is 2. The normalized spacial score (nSPS) is 21.3. The van der Waals surface area contributed by atoms with Gasteiger partial charge in [-0.05, 0) is 53.0 Å². The summed E-state index contributed by atoms with van der Waals surface area (Å²) >= 11 is 25.6. The van der Waals surface area contributed by atoms with E-state index in [1.165, 1.54) is 29.0 Å². The van der Waals surface area contributed by atoms with Crippen LogP contribution in [0.3, 0.4) is 0 Å². The van der Waals surface area contributed by atoms with Gasteiger partial charge in [-0.1, -0.05) is 60.3 Å². The van der Waals surface area contributed by atoms with Gasteiger partial charge in [0.25, 0.3) is 0 Å². The second-order valence-electron chi connectivity index (χ2n) is 9.19. The molecule has 0 saturated heterocycles. The molecule has 4 atom stereocenters. The SMILES string of the molecule is CCC(C(=O)O)C1=C[SH](C(=O)c2[nH]c(Cl)c(Cl)c2-n2c(C(=O)[SH]3C=C(C(CC)C(=O)O)C=C3O)cc(Cl)c2Cl)C(O)=C1. The molecule has 4 heterocycles. The van der Waals surface area contributed by atoms with Gasteiger partial charge in [-0.25, -0.2) is 0 Å². The minimum absolute atomic E-state index is 0.0885. The number of aromatic nitrogens is 2. The molecule has 4 unspecified atom stereocenters. The smallest absolute Gasteiger partial charge is 0.310 e. The lowest BCUT2D eigenvalue weighted by molar-refractivity contribution is -0.141. The van der Waals surface area contributed by atoms with E-state index in [4.69, 9.17) is 46.4 Å². The van der Waals surface area contributed by atoms with Crippen LogP contribution >= 0.6 is 68.2 Å². The minimum Gasteiger partial charge on any atom is -0.503 e. The van der Waals surface area contributed by atoms with Gasteiger partial charge in [-0.2, -0.15) is 0 Å². The van der Waals surface area contributed by atoms with Gasteiger partial charge in [-0.15, -0.1) is 21.8 Å². The van der Waals surface area contributed by atoms with Crippen LogP contribution in [-0.2, 0) is 9.59 Å². The number of aliphatic carboxylic acids is 2. The Labute approximate surface area is 264 Å². The number of hydrogen-bond donors (Lipinski definition) is 7. The molecule has 5 N–H and O–H groups in total. The summed E-state index contributed by atoms with van der Waals surface area (Å²) in [6.45, 7) is 3.32. The van der Waals surface area contributed by atoms with Gasteiger partial charge in [0.2, 0.25) is 10.2 Å². The van der Waals surface area contributed by atoms with E-state index in [0.717, 1.165) is 4.57 Å². The first-order valence-corrected chi connectivity index (χ1v) is 16.6. The first kappa shape index (κ1) is 32.2. The quantitative estimate of drug-likeness (QED) is 0.132. The van der Waals surface area contributed by atoms with Gasteiger partial charge < -0.3 is 25.4 Å². The Morgan fingerprint density at radius 1 is 0.857 bits per heavy atom. The summed E-state index contributed by atoms with van der Waals surface area (Å²) in [5.41, 5.74) is -0.00148. The molecule has 10 nitrogen and oxygen atoms in total. The number of nitrogens with zero attached hydrogens (tertiary/aromatic N) is 1. The molecule has 0 spiro atoms. The van der Waals surface area contributed by atoms with Crippen molar-refractivity contribution in [1.29, 1.82) is 0 Å². The summed E-state index contributed by atoms with van der Waals surface area (Å²) in [7, 11) is -4.18. The van der Waals surface area contributed by atoms with Crippen molar-refractivity contribution < 1.29 is 39.6 Å². The molecule has 0 aromatic carbocycles. The Balaban J connectivity index is 1.81. The maximum atomic E-state index is 13.8. The first-order valence-electron chi connectivity index (χ1n) is 12.2. The highest BCUT2D eigenvalue weighted by molar-refractivity contribution is 8.35. The van der Waals surface area contributed by atoms with Crippen LogP contribution in [0.1, 0.15) is 47.7 Å². The van der Waals surface area contributed by atoms with E-state index < -0.39 is 55.8 Å². The van der Waals surface area contributed by atoms with E-state index in [1.54, 1.807) is 13.8 Å². The van der Waals surface area contributed by atoms with E-state index in [1.807, 2.05) is 0 Å². The maximum Gasteiger partial charge on any atom is 0.310 e. The minimum atomic E-state index is -2.10. The lowest BCUT2D eigenvalue weighted by atomic mass is 9.98. The largest absolute Gasteiger partial charge is 0.503 e. The molecule has 16 heteroatoms. The van der Waals surface area contributed by atoms with Crippen molar-refractivity contribution in [1.82, 2.24) is 9.55 Å². The van der Waals surface area contributed by atoms with E-state index >= 15 is 0 Å². The molecule has 0 saturated carbocycles. The number of rotatable bonds is 9. The van der Waals surface area contributed by atoms with Gasteiger partial charge in [0.15, 0.2) is 0 Å². The van der Waals surface area contributed by atoms with Crippen LogP contribution in [-0.4, -0.2) is 52.1 Å². The zero-order valence-corrected chi connectivity index (χ0v) is 26.5.